The first-order chi connectivity index (χ1) is 14.9. The quantitative estimate of drug-likeness (QED) is 0.594. The lowest BCUT2D eigenvalue weighted by Gasteiger charge is -2.35. The summed E-state index contributed by atoms with van der Waals surface area (Å²) in [6.45, 7) is 6.53. The summed E-state index contributed by atoms with van der Waals surface area (Å²) in [5.74, 6) is 2.17. The van der Waals surface area contributed by atoms with E-state index in [1.54, 1.807) is 29.3 Å². The minimum atomic E-state index is -0.167. The molecule has 4 rings (SSSR count). The predicted octanol–water partition coefficient (Wildman–Crippen LogP) is 4.92. The average Bonchev–Trinajstić information content (AvgIpc) is 3.27. The van der Waals surface area contributed by atoms with Crippen LogP contribution in [-0.4, -0.2) is 52.2 Å². The number of carbonyl (C=O) groups is 1. The van der Waals surface area contributed by atoms with Crippen molar-refractivity contribution in [2.75, 3.05) is 36.4 Å². The molecule has 1 aliphatic heterocycles. The third-order valence-electron chi connectivity index (χ3n) is 5.00. The molecule has 1 aromatic carbocycles. The molecule has 3 aromatic rings. The van der Waals surface area contributed by atoms with Gasteiger partial charge in [-0.2, -0.15) is 4.98 Å². The molecule has 31 heavy (non-hydrogen) atoms. The molecule has 1 aliphatic rings. The van der Waals surface area contributed by atoms with E-state index >= 15 is 0 Å². The van der Waals surface area contributed by atoms with Gasteiger partial charge in [0.15, 0.2) is 0 Å². The summed E-state index contributed by atoms with van der Waals surface area (Å²) >= 11 is 11.9. The van der Waals surface area contributed by atoms with Crippen LogP contribution < -0.4 is 10.2 Å². The van der Waals surface area contributed by atoms with Crippen molar-refractivity contribution >= 4 is 40.7 Å². The molecule has 0 saturated carbocycles. The highest BCUT2D eigenvalue weighted by Crippen LogP contribution is 2.25. The molecule has 2 aromatic heterocycles. The van der Waals surface area contributed by atoms with Gasteiger partial charge in [0.05, 0.1) is 10.0 Å². The van der Waals surface area contributed by atoms with Crippen molar-refractivity contribution < 1.29 is 9.32 Å². The number of nitrogens with zero attached hydrogens (tertiary/aromatic N) is 5. The first-order valence-electron chi connectivity index (χ1n) is 9.96. The van der Waals surface area contributed by atoms with Gasteiger partial charge in [0, 0.05) is 49.5 Å². The fraction of sp³-hybridized carbons (Fsp3) is 0.333. The van der Waals surface area contributed by atoms with Crippen molar-refractivity contribution in [3.8, 4) is 11.4 Å². The van der Waals surface area contributed by atoms with Crippen LogP contribution in [-0.2, 0) is 0 Å². The van der Waals surface area contributed by atoms with Crippen molar-refractivity contribution in [2.24, 2.45) is 0 Å². The van der Waals surface area contributed by atoms with E-state index in [-0.39, 0.29) is 11.9 Å². The number of benzene rings is 1. The van der Waals surface area contributed by atoms with Crippen molar-refractivity contribution in [3.05, 3.63) is 52.5 Å². The number of nitrogens with one attached hydrogen (secondary N) is 1. The molecule has 0 bridgehead atoms. The zero-order valence-electron chi connectivity index (χ0n) is 17.2. The van der Waals surface area contributed by atoms with E-state index in [9.17, 15) is 4.79 Å². The second kappa shape index (κ2) is 9.11. The van der Waals surface area contributed by atoms with Gasteiger partial charge in [-0.25, -0.2) is 9.78 Å². The molecular formula is C21H22Cl2N6O2. The van der Waals surface area contributed by atoms with Gasteiger partial charge in [0.1, 0.15) is 5.82 Å². The Morgan fingerprint density at radius 2 is 1.87 bits per heavy atom. The monoisotopic (exact) mass is 460 g/mol. The van der Waals surface area contributed by atoms with Crippen LogP contribution in [0.2, 0.25) is 10.0 Å². The smallest absolute Gasteiger partial charge is 0.321 e. The minimum Gasteiger partial charge on any atom is -0.353 e. The van der Waals surface area contributed by atoms with Crippen LogP contribution in [0.1, 0.15) is 25.7 Å². The number of hydrogen-bond donors (Lipinski definition) is 1. The van der Waals surface area contributed by atoms with E-state index < -0.39 is 0 Å². The van der Waals surface area contributed by atoms with Gasteiger partial charge in [-0.05, 0) is 30.3 Å². The molecule has 10 heteroatoms. The Hall–Kier alpha value is -2.84. The number of urea groups is 1. The van der Waals surface area contributed by atoms with E-state index in [0.717, 1.165) is 11.4 Å². The Morgan fingerprint density at radius 1 is 1.10 bits per heavy atom. The molecular weight excluding hydrogens is 439 g/mol. The SMILES string of the molecule is CC(C)c1nc(-c2ccc(N3CCN(C(=O)Nc4ccc(Cl)c(Cl)c4)CC3)nc2)no1. The zero-order valence-corrected chi connectivity index (χ0v) is 18.7. The Bertz CT molecular complexity index is 1060. The maximum atomic E-state index is 12.5. The number of pyridine rings is 1. The lowest BCUT2D eigenvalue weighted by Crippen LogP contribution is -2.50. The van der Waals surface area contributed by atoms with Gasteiger partial charge in [0.25, 0.3) is 0 Å². The number of hydrogen-bond acceptors (Lipinski definition) is 6. The van der Waals surface area contributed by atoms with Crippen molar-refractivity contribution in [2.45, 2.75) is 19.8 Å². The van der Waals surface area contributed by atoms with E-state index in [2.05, 4.69) is 25.3 Å². The van der Waals surface area contributed by atoms with Gasteiger partial charge in [-0.15, -0.1) is 0 Å². The van der Waals surface area contributed by atoms with E-state index in [0.29, 0.717) is 53.6 Å². The molecule has 2 amide bonds. The molecule has 0 spiro atoms. The Morgan fingerprint density at radius 3 is 2.48 bits per heavy atom. The van der Waals surface area contributed by atoms with Gasteiger partial charge >= 0.3 is 6.03 Å². The highest BCUT2D eigenvalue weighted by molar-refractivity contribution is 6.42. The zero-order chi connectivity index (χ0) is 22.0. The summed E-state index contributed by atoms with van der Waals surface area (Å²) in [6.07, 6.45) is 1.74. The lowest BCUT2D eigenvalue weighted by atomic mass is 10.2. The van der Waals surface area contributed by atoms with Gasteiger partial charge in [-0.3, -0.25) is 0 Å². The number of amides is 2. The number of piperazine rings is 1. The van der Waals surface area contributed by atoms with Crippen LogP contribution in [0, 0.1) is 0 Å². The van der Waals surface area contributed by atoms with Gasteiger partial charge in [0.2, 0.25) is 11.7 Å². The normalized spacial score (nSPS) is 14.2. The largest absolute Gasteiger partial charge is 0.353 e. The first-order valence-corrected chi connectivity index (χ1v) is 10.7. The van der Waals surface area contributed by atoms with Crippen LogP contribution >= 0.6 is 23.2 Å². The summed E-state index contributed by atoms with van der Waals surface area (Å²) in [4.78, 5) is 25.4. The van der Waals surface area contributed by atoms with Gasteiger partial charge in [-0.1, -0.05) is 42.2 Å². The van der Waals surface area contributed by atoms with E-state index in [1.165, 1.54) is 0 Å². The molecule has 1 N–H and O–H groups in total. The molecule has 8 nitrogen and oxygen atoms in total. The number of halogens is 2. The fourth-order valence-corrected chi connectivity index (χ4v) is 3.51. The Balaban J connectivity index is 1.33. The third-order valence-corrected chi connectivity index (χ3v) is 5.74. The highest BCUT2D eigenvalue weighted by Gasteiger charge is 2.22. The van der Waals surface area contributed by atoms with E-state index in [1.807, 2.05) is 26.0 Å². The lowest BCUT2D eigenvalue weighted by molar-refractivity contribution is 0.208. The van der Waals surface area contributed by atoms with Crippen molar-refractivity contribution in [1.82, 2.24) is 20.0 Å². The topological polar surface area (TPSA) is 87.4 Å². The summed E-state index contributed by atoms with van der Waals surface area (Å²) in [5, 5.41) is 7.73. The standard InChI is InChI=1S/C21H22Cl2N6O2/c1-13(2)20-26-19(27-31-20)14-3-6-18(24-12-14)28-7-9-29(10-8-28)21(30)25-15-4-5-16(22)17(23)11-15/h3-6,11-13H,7-10H2,1-2H3,(H,25,30). The maximum absolute atomic E-state index is 12.5. The predicted molar refractivity (Wildman–Crippen MR) is 121 cm³/mol. The molecule has 162 valence electrons. The Labute approximate surface area is 190 Å². The molecule has 0 radical (unpaired) electrons. The van der Waals surface area contributed by atoms with Crippen molar-refractivity contribution in [1.29, 1.82) is 0 Å². The summed E-state index contributed by atoms with van der Waals surface area (Å²) in [6, 6.07) is 8.72. The van der Waals surface area contributed by atoms with E-state index in [4.69, 9.17) is 27.7 Å². The Kier molecular flexibility index (Phi) is 6.29. The molecule has 1 saturated heterocycles. The maximum Gasteiger partial charge on any atom is 0.321 e. The summed E-state index contributed by atoms with van der Waals surface area (Å²) in [7, 11) is 0. The van der Waals surface area contributed by atoms with Crippen LogP contribution in [0.5, 0.6) is 0 Å². The van der Waals surface area contributed by atoms with Crippen LogP contribution in [0.4, 0.5) is 16.3 Å². The summed E-state index contributed by atoms with van der Waals surface area (Å²) in [5.41, 5.74) is 1.42. The summed E-state index contributed by atoms with van der Waals surface area (Å²) < 4.78 is 5.26. The second-order valence-electron chi connectivity index (χ2n) is 7.55. The molecule has 0 unspecified atom stereocenters. The minimum absolute atomic E-state index is 0.167. The second-order valence-corrected chi connectivity index (χ2v) is 8.36. The number of rotatable bonds is 4. The van der Waals surface area contributed by atoms with Crippen LogP contribution in [0.25, 0.3) is 11.4 Å². The van der Waals surface area contributed by atoms with Crippen molar-refractivity contribution in [3.63, 3.8) is 0 Å². The average molecular weight is 461 g/mol. The first kappa shape index (κ1) is 21.4. The molecule has 0 atom stereocenters. The van der Waals surface area contributed by atoms with Gasteiger partial charge < -0.3 is 19.6 Å². The molecule has 0 aliphatic carbocycles. The number of anilines is 2. The van der Waals surface area contributed by atoms with Crippen LogP contribution in [0.15, 0.2) is 41.1 Å². The number of aromatic nitrogens is 3. The molecule has 1 fully saturated rings. The molecule has 3 heterocycles. The fourth-order valence-electron chi connectivity index (χ4n) is 3.21. The highest BCUT2D eigenvalue weighted by atomic mass is 35.5. The third kappa shape index (κ3) is 4.91. The number of carbonyl (C=O) groups excluding carboxylic acids is 1. The van der Waals surface area contributed by atoms with Crippen LogP contribution in [0.3, 0.4) is 0 Å².